The fourth-order valence-corrected chi connectivity index (χ4v) is 2.18. The molecule has 1 atom stereocenters. The second-order valence-corrected chi connectivity index (χ2v) is 5.01. The first kappa shape index (κ1) is 14.4. The van der Waals surface area contributed by atoms with Gasteiger partial charge in [0, 0.05) is 0 Å². The molecule has 0 amide bonds. The number of benzene rings is 2. The molecule has 2 aromatic carbocycles. The van der Waals surface area contributed by atoms with Gasteiger partial charge in [0.25, 0.3) is 0 Å². The monoisotopic (exact) mass is 272 g/mol. The summed E-state index contributed by atoms with van der Waals surface area (Å²) in [7, 11) is 3.18. The van der Waals surface area contributed by atoms with Gasteiger partial charge in [-0.2, -0.15) is 0 Å². The SMILES string of the molecule is COc1ccc(C(C)(O)c2ccc(C)cc2)cc1OC. The normalized spacial score (nSPS) is 13.7. The fraction of sp³-hybridized carbons (Fsp3) is 0.294. The van der Waals surface area contributed by atoms with Gasteiger partial charge < -0.3 is 14.6 Å². The quantitative estimate of drug-likeness (QED) is 0.928. The largest absolute Gasteiger partial charge is 0.493 e. The van der Waals surface area contributed by atoms with Crippen LogP contribution in [0.2, 0.25) is 0 Å². The van der Waals surface area contributed by atoms with E-state index in [2.05, 4.69) is 0 Å². The summed E-state index contributed by atoms with van der Waals surface area (Å²) in [5.74, 6) is 1.26. The van der Waals surface area contributed by atoms with Gasteiger partial charge in [0.1, 0.15) is 5.60 Å². The standard InChI is InChI=1S/C17H20O3/c1-12-5-7-13(8-6-12)17(2,18)14-9-10-15(19-3)16(11-14)20-4/h5-11,18H,1-4H3. The van der Waals surface area contributed by atoms with E-state index < -0.39 is 5.60 Å². The molecule has 0 aliphatic rings. The average Bonchev–Trinajstić information content (AvgIpc) is 2.46. The van der Waals surface area contributed by atoms with E-state index in [9.17, 15) is 5.11 Å². The van der Waals surface area contributed by atoms with Crippen molar-refractivity contribution >= 4 is 0 Å². The summed E-state index contributed by atoms with van der Waals surface area (Å²) < 4.78 is 10.5. The van der Waals surface area contributed by atoms with Crippen molar-refractivity contribution in [1.82, 2.24) is 0 Å². The third kappa shape index (κ3) is 2.63. The van der Waals surface area contributed by atoms with E-state index in [0.717, 1.165) is 16.7 Å². The highest BCUT2D eigenvalue weighted by molar-refractivity contribution is 5.47. The lowest BCUT2D eigenvalue weighted by Gasteiger charge is -2.25. The molecule has 3 heteroatoms. The second kappa shape index (κ2) is 5.55. The molecular formula is C17H20O3. The van der Waals surface area contributed by atoms with Gasteiger partial charge in [-0.3, -0.25) is 0 Å². The first-order valence-corrected chi connectivity index (χ1v) is 6.51. The topological polar surface area (TPSA) is 38.7 Å². The van der Waals surface area contributed by atoms with Crippen LogP contribution in [0.4, 0.5) is 0 Å². The lowest BCUT2D eigenvalue weighted by atomic mass is 9.87. The highest BCUT2D eigenvalue weighted by atomic mass is 16.5. The lowest BCUT2D eigenvalue weighted by molar-refractivity contribution is 0.102. The van der Waals surface area contributed by atoms with Crippen molar-refractivity contribution in [3.05, 3.63) is 59.2 Å². The van der Waals surface area contributed by atoms with E-state index in [1.165, 1.54) is 0 Å². The van der Waals surface area contributed by atoms with E-state index in [4.69, 9.17) is 9.47 Å². The summed E-state index contributed by atoms with van der Waals surface area (Å²) >= 11 is 0. The molecule has 3 nitrogen and oxygen atoms in total. The van der Waals surface area contributed by atoms with Crippen LogP contribution < -0.4 is 9.47 Å². The molecule has 0 saturated carbocycles. The molecule has 0 aliphatic carbocycles. The molecule has 0 bridgehead atoms. The van der Waals surface area contributed by atoms with Crippen LogP contribution in [0.15, 0.2) is 42.5 Å². The van der Waals surface area contributed by atoms with Gasteiger partial charge in [0.05, 0.1) is 14.2 Å². The first-order chi connectivity index (χ1) is 9.48. The molecule has 2 rings (SSSR count). The Morgan fingerprint density at radius 2 is 1.40 bits per heavy atom. The Labute approximate surface area is 119 Å². The Kier molecular flexibility index (Phi) is 4.00. The van der Waals surface area contributed by atoms with Crippen LogP contribution in [0.1, 0.15) is 23.6 Å². The minimum Gasteiger partial charge on any atom is -0.493 e. The summed E-state index contributed by atoms with van der Waals surface area (Å²) in [5.41, 5.74) is 1.69. The number of hydrogen-bond acceptors (Lipinski definition) is 3. The lowest BCUT2D eigenvalue weighted by Crippen LogP contribution is -2.22. The maximum atomic E-state index is 10.8. The predicted octanol–water partition coefficient (Wildman–Crippen LogP) is 3.27. The molecule has 2 aromatic rings. The van der Waals surface area contributed by atoms with E-state index in [0.29, 0.717) is 11.5 Å². The van der Waals surface area contributed by atoms with E-state index in [1.54, 1.807) is 33.3 Å². The number of aryl methyl sites for hydroxylation is 1. The van der Waals surface area contributed by atoms with Gasteiger partial charge in [0.2, 0.25) is 0 Å². The Bertz CT molecular complexity index is 586. The van der Waals surface area contributed by atoms with Crippen molar-refractivity contribution in [2.75, 3.05) is 14.2 Å². The molecule has 20 heavy (non-hydrogen) atoms. The minimum atomic E-state index is -1.08. The van der Waals surface area contributed by atoms with Gasteiger partial charge in [0.15, 0.2) is 11.5 Å². The molecule has 0 saturated heterocycles. The third-order valence-electron chi connectivity index (χ3n) is 3.56. The van der Waals surface area contributed by atoms with E-state index >= 15 is 0 Å². The smallest absolute Gasteiger partial charge is 0.161 e. The molecule has 1 unspecified atom stereocenters. The van der Waals surface area contributed by atoms with Gasteiger partial charge in [-0.25, -0.2) is 0 Å². The minimum absolute atomic E-state index is 0.609. The van der Waals surface area contributed by atoms with Crippen molar-refractivity contribution in [1.29, 1.82) is 0 Å². The Morgan fingerprint density at radius 1 is 0.850 bits per heavy atom. The van der Waals surface area contributed by atoms with E-state index in [1.807, 2.05) is 37.3 Å². The number of hydrogen-bond donors (Lipinski definition) is 1. The summed E-state index contributed by atoms with van der Waals surface area (Å²) in [4.78, 5) is 0. The van der Waals surface area contributed by atoms with Crippen LogP contribution in [-0.2, 0) is 5.60 Å². The van der Waals surface area contributed by atoms with Crippen LogP contribution >= 0.6 is 0 Å². The van der Waals surface area contributed by atoms with Crippen molar-refractivity contribution in [3.63, 3.8) is 0 Å². The van der Waals surface area contributed by atoms with Crippen molar-refractivity contribution in [2.45, 2.75) is 19.4 Å². The van der Waals surface area contributed by atoms with Gasteiger partial charge in [-0.1, -0.05) is 35.9 Å². The van der Waals surface area contributed by atoms with E-state index in [-0.39, 0.29) is 0 Å². The molecular weight excluding hydrogens is 252 g/mol. The van der Waals surface area contributed by atoms with Crippen LogP contribution in [0.3, 0.4) is 0 Å². The first-order valence-electron chi connectivity index (χ1n) is 6.51. The average molecular weight is 272 g/mol. The third-order valence-corrected chi connectivity index (χ3v) is 3.56. The molecule has 106 valence electrons. The van der Waals surface area contributed by atoms with Crippen LogP contribution in [-0.4, -0.2) is 19.3 Å². The zero-order valence-electron chi connectivity index (χ0n) is 12.3. The highest BCUT2D eigenvalue weighted by Crippen LogP contribution is 2.35. The van der Waals surface area contributed by atoms with Crippen molar-refractivity contribution in [3.8, 4) is 11.5 Å². The van der Waals surface area contributed by atoms with Crippen LogP contribution in [0, 0.1) is 6.92 Å². The number of ether oxygens (including phenoxy) is 2. The number of methoxy groups -OCH3 is 2. The summed E-state index contributed by atoms with van der Waals surface area (Å²) in [6.07, 6.45) is 0. The molecule has 1 N–H and O–H groups in total. The van der Waals surface area contributed by atoms with Crippen LogP contribution in [0.25, 0.3) is 0 Å². The molecule has 0 fully saturated rings. The van der Waals surface area contributed by atoms with Crippen molar-refractivity contribution in [2.24, 2.45) is 0 Å². The number of rotatable bonds is 4. The van der Waals surface area contributed by atoms with Gasteiger partial charge in [-0.05, 0) is 37.1 Å². The number of aliphatic hydroxyl groups is 1. The molecule has 0 aromatic heterocycles. The zero-order valence-corrected chi connectivity index (χ0v) is 12.3. The maximum Gasteiger partial charge on any atom is 0.161 e. The molecule has 0 spiro atoms. The molecule has 0 aliphatic heterocycles. The van der Waals surface area contributed by atoms with Crippen LogP contribution in [0.5, 0.6) is 11.5 Å². The fourth-order valence-electron chi connectivity index (χ4n) is 2.18. The summed E-state index contributed by atoms with van der Waals surface area (Å²) in [6, 6.07) is 13.3. The van der Waals surface area contributed by atoms with Crippen molar-refractivity contribution < 1.29 is 14.6 Å². The summed E-state index contributed by atoms with van der Waals surface area (Å²) in [6.45, 7) is 3.80. The second-order valence-electron chi connectivity index (χ2n) is 5.01. The Morgan fingerprint density at radius 3 is 1.95 bits per heavy atom. The van der Waals surface area contributed by atoms with Gasteiger partial charge in [-0.15, -0.1) is 0 Å². The zero-order chi connectivity index (χ0) is 14.8. The molecule has 0 heterocycles. The maximum absolute atomic E-state index is 10.8. The predicted molar refractivity (Wildman–Crippen MR) is 79.4 cm³/mol. The highest BCUT2D eigenvalue weighted by Gasteiger charge is 2.26. The Balaban J connectivity index is 2.45. The Hall–Kier alpha value is -2.00. The van der Waals surface area contributed by atoms with Gasteiger partial charge >= 0.3 is 0 Å². The molecule has 0 radical (unpaired) electrons. The summed E-state index contributed by atoms with van der Waals surface area (Å²) in [5, 5.41) is 10.8.